The monoisotopic (exact) mass is 210 g/mol. The molecule has 0 spiro atoms. The number of halogens is 1. The summed E-state index contributed by atoms with van der Waals surface area (Å²) in [7, 11) is 0. The van der Waals surface area contributed by atoms with Gasteiger partial charge in [0.05, 0.1) is 26.4 Å². The molecule has 0 N–H and O–H groups in total. The van der Waals surface area contributed by atoms with E-state index in [0.717, 1.165) is 13.0 Å². The number of unbranched alkanes of at least 4 members (excludes halogenated alkanes) is 1. The Kier molecular flexibility index (Phi) is 12.3. The van der Waals surface area contributed by atoms with Gasteiger partial charge in [0.2, 0.25) is 0 Å². The first kappa shape index (κ1) is 13.2. The molecule has 0 amide bonds. The van der Waals surface area contributed by atoms with Crippen molar-refractivity contribution in [3.8, 4) is 0 Å². The van der Waals surface area contributed by atoms with Gasteiger partial charge in [0.15, 0.2) is 0 Å². The third-order valence-corrected chi connectivity index (χ3v) is 1.62. The first-order valence-electron chi connectivity index (χ1n) is 4.71. The van der Waals surface area contributed by atoms with Gasteiger partial charge in [-0.15, -0.1) is 0 Å². The molecule has 0 saturated carbocycles. The van der Waals surface area contributed by atoms with E-state index < -0.39 is 0 Å². The second-order valence-electron chi connectivity index (χ2n) is 2.60. The molecular weight excluding hydrogens is 192 g/mol. The first-order valence-corrected chi connectivity index (χ1v) is 5.24. The zero-order valence-electron chi connectivity index (χ0n) is 8.26. The Bertz CT molecular complexity index is 80.9. The van der Waals surface area contributed by atoms with Crippen molar-refractivity contribution in [2.24, 2.45) is 0 Å². The summed E-state index contributed by atoms with van der Waals surface area (Å²) in [5.41, 5.74) is 0. The standard InChI is InChI=1S/C9H19ClO3/c1-2-3-4-11-5-6-12-7-8-13-9-10/h2-9H2,1H3. The lowest BCUT2D eigenvalue weighted by Crippen LogP contribution is -2.09. The van der Waals surface area contributed by atoms with Crippen LogP contribution in [0.15, 0.2) is 0 Å². The molecule has 0 atom stereocenters. The quantitative estimate of drug-likeness (QED) is 0.408. The normalized spacial score (nSPS) is 10.6. The fourth-order valence-electron chi connectivity index (χ4n) is 0.741. The molecule has 0 aliphatic carbocycles. The summed E-state index contributed by atoms with van der Waals surface area (Å²) in [4.78, 5) is 0. The second kappa shape index (κ2) is 12.2. The third-order valence-electron chi connectivity index (χ3n) is 1.46. The van der Waals surface area contributed by atoms with Crippen LogP contribution < -0.4 is 0 Å². The summed E-state index contributed by atoms with van der Waals surface area (Å²) in [6.07, 6.45) is 2.29. The van der Waals surface area contributed by atoms with Crippen molar-refractivity contribution in [1.29, 1.82) is 0 Å². The largest absolute Gasteiger partial charge is 0.379 e. The SMILES string of the molecule is CCCCOCCOCCOCCl. The van der Waals surface area contributed by atoms with Crippen LogP contribution in [0.1, 0.15) is 19.8 Å². The van der Waals surface area contributed by atoms with Gasteiger partial charge in [-0.2, -0.15) is 0 Å². The summed E-state index contributed by atoms with van der Waals surface area (Å²) < 4.78 is 15.4. The van der Waals surface area contributed by atoms with E-state index in [-0.39, 0.29) is 6.07 Å². The maximum absolute atomic E-state index is 5.30. The van der Waals surface area contributed by atoms with Crippen LogP contribution in [0, 0.1) is 0 Å². The number of ether oxygens (including phenoxy) is 3. The van der Waals surface area contributed by atoms with Crippen molar-refractivity contribution in [3.05, 3.63) is 0 Å². The van der Waals surface area contributed by atoms with Crippen molar-refractivity contribution in [3.63, 3.8) is 0 Å². The molecule has 0 radical (unpaired) electrons. The molecule has 0 bridgehead atoms. The summed E-state index contributed by atoms with van der Waals surface area (Å²) in [6.45, 7) is 5.42. The smallest absolute Gasteiger partial charge is 0.120 e. The predicted molar refractivity (Wildman–Crippen MR) is 53.2 cm³/mol. The average Bonchev–Trinajstić information content (AvgIpc) is 2.16. The Labute approximate surface area is 85.3 Å². The molecule has 4 heteroatoms. The summed E-state index contributed by atoms with van der Waals surface area (Å²) in [5.74, 6) is 0. The minimum Gasteiger partial charge on any atom is -0.379 e. The fourth-order valence-corrected chi connectivity index (χ4v) is 0.850. The summed E-state index contributed by atoms with van der Waals surface area (Å²) >= 11 is 5.30. The summed E-state index contributed by atoms with van der Waals surface area (Å²) in [6, 6.07) is 0.233. The van der Waals surface area contributed by atoms with Crippen LogP contribution in [0.5, 0.6) is 0 Å². The van der Waals surface area contributed by atoms with E-state index in [0.29, 0.717) is 26.4 Å². The maximum atomic E-state index is 5.30. The highest BCUT2D eigenvalue weighted by atomic mass is 35.5. The van der Waals surface area contributed by atoms with Gasteiger partial charge in [-0.1, -0.05) is 24.9 Å². The van der Waals surface area contributed by atoms with E-state index in [1.807, 2.05) is 0 Å². The van der Waals surface area contributed by atoms with Gasteiger partial charge in [-0.05, 0) is 6.42 Å². The highest BCUT2D eigenvalue weighted by Crippen LogP contribution is 1.88. The molecule has 0 saturated heterocycles. The Hall–Kier alpha value is 0.170. The maximum Gasteiger partial charge on any atom is 0.120 e. The first-order chi connectivity index (χ1) is 6.41. The van der Waals surface area contributed by atoms with Crippen LogP contribution in [0.4, 0.5) is 0 Å². The molecule has 13 heavy (non-hydrogen) atoms. The van der Waals surface area contributed by atoms with Gasteiger partial charge in [-0.3, -0.25) is 0 Å². The van der Waals surface area contributed by atoms with E-state index in [1.165, 1.54) is 6.42 Å². The van der Waals surface area contributed by atoms with Gasteiger partial charge in [0.1, 0.15) is 6.07 Å². The van der Waals surface area contributed by atoms with Crippen LogP contribution in [0.25, 0.3) is 0 Å². The zero-order chi connectivity index (χ0) is 9.78. The molecule has 0 aromatic heterocycles. The van der Waals surface area contributed by atoms with Crippen molar-refractivity contribution in [2.45, 2.75) is 19.8 Å². The van der Waals surface area contributed by atoms with Crippen LogP contribution in [0.3, 0.4) is 0 Å². The van der Waals surface area contributed by atoms with Crippen LogP contribution in [-0.2, 0) is 14.2 Å². The Morgan fingerprint density at radius 2 is 1.38 bits per heavy atom. The van der Waals surface area contributed by atoms with E-state index >= 15 is 0 Å². The van der Waals surface area contributed by atoms with Crippen molar-refractivity contribution >= 4 is 11.6 Å². The highest BCUT2D eigenvalue weighted by molar-refractivity contribution is 6.17. The van der Waals surface area contributed by atoms with Crippen LogP contribution >= 0.6 is 11.6 Å². The minimum absolute atomic E-state index is 0.233. The van der Waals surface area contributed by atoms with E-state index in [9.17, 15) is 0 Å². The fraction of sp³-hybridized carbons (Fsp3) is 1.00. The van der Waals surface area contributed by atoms with Crippen molar-refractivity contribution < 1.29 is 14.2 Å². The number of rotatable bonds is 10. The molecule has 0 aliphatic rings. The topological polar surface area (TPSA) is 27.7 Å². The molecule has 0 heterocycles. The number of hydrogen-bond donors (Lipinski definition) is 0. The Balaban J connectivity index is 2.76. The molecule has 0 fully saturated rings. The number of hydrogen-bond acceptors (Lipinski definition) is 3. The van der Waals surface area contributed by atoms with Crippen LogP contribution in [0.2, 0.25) is 0 Å². The summed E-state index contributed by atoms with van der Waals surface area (Å²) in [5, 5.41) is 0. The molecular formula is C9H19ClO3. The van der Waals surface area contributed by atoms with E-state index in [4.69, 9.17) is 25.8 Å². The van der Waals surface area contributed by atoms with Gasteiger partial charge < -0.3 is 14.2 Å². The lowest BCUT2D eigenvalue weighted by Gasteiger charge is -2.04. The lowest BCUT2D eigenvalue weighted by molar-refractivity contribution is 0.0215. The van der Waals surface area contributed by atoms with Crippen molar-refractivity contribution in [2.75, 3.05) is 39.1 Å². The molecule has 0 aromatic rings. The van der Waals surface area contributed by atoms with Gasteiger partial charge >= 0.3 is 0 Å². The predicted octanol–water partition coefficient (Wildman–Crippen LogP) is 2.03. The Morgan fingerprint density at radius 3 is 1.92 bits per heavy atom. The van der Waals surface area contributed by atoms with Gasteiger partial charge in [-0.25, -0.2) is 0 Å². The molecule has 0 aromatic carbocycles. The lowest BCUT2D eigenvalue weighted by atomic mass is 10.4. The van der Waals surface area contributed by atoms with Gasteiger partial charge in [0, 0.05) is 6.61 Å². The molecule has 0 rings (SSSR count). The molecule has 80 valence electrons. The third kappa shape index (κ3) is 12.2. The second-order valence-corrected chi connectivity index (χ2v) is 2.81. The van der Waals surface area contributed by atoms with Gasteiger partial charge in [0.25, 0.3) is 0 Å². The molecule has 0 aliphatic heterocycles. The minimum atomic E-state index is 0.233. The zero-order valence-corrected chi connectivity index (χ0v) is 9.02. The van der Waals surface area contributed by atoms with E-state index in [2.05, 4.69) is 6.92 Å². The Morgan fingerprint density at radius 1 is 0.846 bits per heavy atom. The van der Waals surface area contributed by atoms with Crippen molar-refractivity contribution in [1.82, 2.24) is 0 Å². The van der Waals surface area contributed by atoms with Crippen LogP contribution in [-0.4, -0.2) is 39.1 Å². The average molecular weight is 211 g/mol. The molecule has 3 nitrogen and oxygen atoms in total. The number of alkyl halides is 1. The molecule has 0 unspecified atom stereocenters. The highest BCUT2D eigenvalue weighted by Gasteiger charge is 1.89. The van der Waals surface area contributed by atoms with E-state index in [1.54, 1.807) is 0 Å².